The van der Waals surface area contributed by atoms with Crippen LogP contribution in [-0.4, -0.2) is 0 Å². The Bertz CT molecular complexity index is 188. The molecule has 0 bridgehead atoms. The minimum Gasteiger partial charge on any atom is -0.0845 e. The van der Waals surface area contributed by atoms with Crippen LogP contribution in [0.4, 0.5) is 0 Å². The van der Waals surface area contributed by atoms with Gasteiger partial charge in [-0.1, -0.05) is 89.5 Å². The lowest BCUT2D eigenvalue weighted by Gasteiger charge is -1.97. The van der Waals surface area contributed by atoms with Crippen LogP contribution < -0.4 is 0 Å². The minimum absolute atomic E-state index is 1.25. The summed E-state index contributed by atoms with van der Waals surface area (Å²) in [6.45, 7) is 4.54. The highest BCUT2D eigenvalue weighted by atomic mass is 13.9. The van der Waals surface area contributed by atoms with Crippen molar-refractivity contribution in [2.24, 2.45) is 0 Å². The van der Waals surface area contributed by atoms with Crippen LogP contribution in [0.3, 0.4) is 0 Å². The topological polar surface area (TPSA) is 0 Å². The van der Waals surface area contributed by atoms with Gasteiger partial charge in [0, 0.05) is 0 Å². The summed E-state index contributed by atoms with van der Waals surface area (Å²) in [4.78, 5) is 0. The van der Waals surface area contributed by atoms with Gasteiger partial charge in [-0.15, -0.1) is 0 Å². The van der Waals surface area contributed by atoms with E-state index in [0.717, 1.165) is 0 Å². The molecule has 0 radical (unpaired) electrons. The second-order valence-electron chi connectivity index (χ2n) is 5.26. The van der Waals surface area contributed by atoms with Gasteiger partial charge in [0.15, 0.2) is 0 Å². The van der Waals surface area contributed by atoms with Gasteiger partial charge < -0.3 is 0 Å². The Morgan fingerprint density at radius 2 is 0.889 bits per heavy atom. The van der Waals surface area contributed by atoms with E-state index in [4.69, 9.17) is 0 Å². The van der Waals surface area contributed by atoms with Gasteiger partial charge in [-0.05, 0) is 25.7 Å². The largest absolute Gasteiger partial charge is 0.0845 e. The summed E-state index contributed by atoms with van der Waals surface area (Å²) in [7, 11) is 0. The van der Waals surface area contributed by atoms with Crippen molar-refractivity contribution < 1.29 is 0 Å². The Balaban J connectivity index is 3.14. The van der Waals surface area contributed by atoms with Crippen molar-refractivity contribution in [3.05, 3.63) is 24.3 Å². The summed E-state index contributed by atoms with van der Waals surface area (Å²) in [5.74, 6) is 0. The van der Waals surface area contributed by atoms with Crippen LogP contribution in [0.15, 0.2) is 24.3 Å². The Morgan fingerprint density at radius 1 is 0.500 bits per heavy atom. The Kier molecular flexibility index (Phi) is 16.0. The molecule has 0 unspecified atom stereocenters. The summed E-state index contributed by atoms with van der Waals surface area (Å²) in [6.07, 6.45) is 25.5. The molecular formula is C18H34. The van der Waals surface area contributed by atoms with Crippen LogP contribution in [0.25, 0.3) is 0 Å². The maximum Gasteiger partial charge on any atom is -0.0348 e. The molecule has 0 aliphatic heterocycles. The van der Waals surface area contributed by atoms with Crippen molar-refractivity contribution in [3.8, 4) is 0 Å². The summed E-state index contributed by atoms with van der Waals surface area (Å²) in [6, 6.07) is 0. The van der Waals surface area contributed by atoms with Crippen LogP contribution in [0.5, 0.6) is 0 Å². The first-order valence-electron chi connectivity index (χ1n) is 8.23. The molecule has 0 heteroatoms. The van der Waals surface area contributed by atoms with Crippen LogP contribution in [-0.2, 0) is 0 Å². The maximum atomic E-state index is 2.32. The van der Waals surface area contributed by atoms with Gasteiger partial charge >= 0.3 is 0 Å². The fourth-order valence-electron chi connectivity index (χ4n) is 2.08. The van der Waals surface area contributed by atoms with E-state index in [2.05, 4.69) is 38.2 Å². The van der Waals surface area contributed by atoms with Crippen molar-refractivity contribution in [1.82, 2.24) is 0 Å². The second-order valence-corrected chi connectivity index (χ2v) is 5.26. The summed E-state index contributed by atoms with van der Waals surface area (Å²) in [5.41, 5.74) is 0. The zero-order valence-electron chi connectivity index (χ0n) is 12.8. The lowest BCUT2D eigenvalue weighted by atomic mass is 10.1. The first-order valence-corrected chi connectivity index (χ1v) is 8.23. The molecule has 0 aromatic heterocycles. The number of hydrogen-bond donors (Lipinski definition) is 0. The molecule has 0 aromatic rings. The van der Waals surface area contributed by atoms with Gasteiger partial charge in [0.1, 0.15) is 0 Å². The molecule has 0 heterocycles. The predicted octanol–water partition coefficient (Wildman–Crippen LogP) is 6.82. The smallest absolute Gasteiger partial charge is 0.0348 e. The van der Waals surface area contributed by atoms with Crippen LogP contribution in [0, 0.1) is 0 Å². The molecule has 0 fully saturated rings. The van der Waals surface area contributed by atoms with Crippen molar-refractivity contribution in [2.75, 3.05) is 0 Å². The molecule has 0 spiro atoms. The number of unbranched alkanes of at least 4 members (excludes halogenated alkanes) is 10. The Morgan fingerprint density at radius 3 is 1.39 bits per heavy atom. The first kappa shape index (κ1) is 17.5. The predicted molar refractivity (Wildman–Crippen MR) is 85.0 cm³/mol. The third-order valence-corrected chi connectivity index (χ3v) is 3.33. The summed E-state index contributed by atoms with van der Waals surface area (Å²) < 4.78 is 0. The first-order chi connectivity index (χ1) is 8.91. The minimum atomic E-state index is 1.25. The number of hydrogen-bond acceptors (Lipinski definition) is 0. The van der Waals surface area contributed by atoms with E-state index < -0.39 is 0 Å². The van der Waals surface area contributed by atoms with Crippen LogP contribution in [0.1, 0.15) is 90.9 Å². The van der Waals surface area contributed by atoms with E-state index in [1.807, 2.05) is 0 Å². The van der Waals surface area contributed by atoms with Gasteiger partial charge in [-0.2, -0.15) is 0 Å². The molecule has 0 aromatic carbocycles. The van der Waals surface area contributed by atoms with Crippen molar-refractivity contribution >= 4 is 0 Å². The van der Waals surface area contributed by atoms with Gasteiger partial charge in [-0.25, -0.2) is 0 Å². The molecule has 0 amide bonds. The van der Waals surface area contributed by atoms with E-state index >= 15 is 0 Å². The Labute approximate surface area is 116 Å². The molecule has 0 aliphatic rings. The van der Waals surface area contributed by atoms with E-state index in [1.54, 1.807) is 0 Å². The van der Waals surface area contributed by atoms with Crippen molar-refractivity contribution in [2.45, 2.75) is 90.9 Å². The van der Waals surface area contributed by atoms with Gasteiger partial charge in [0.25, 0.3) is 0 Å². The monoisotopic (exact) mass is 250 g/mol. The molecule has 18 heavy (non-hydrogen) atoms. The van der Waals surface area contributed by atoms with E-state index in [-0.39, 0.29) is 0 Å². The highest BCUT2D eigenvalue weighted by molar-refractivity contribution is 5.02. The third kappa shape index (κ3) is 15.5. The molecule has 106 valence electrons. The molecule has 0 rings (SSSR count). The molecule has 0 nitrogen and oxygen atoms in total. The maximum absolute atomic E-state index is 2.32. The Hall–Kier alpha value is -0.520. The van der Waals surface area contributed by atoms with Crippen molar-refractivity contribution in [3.63, 3.8) is 0 Å². The highest BCUT2D eigenvalue weighted by Gasteiger charge is 1.87. The standard InChI is InChI=1S/C18H34/c1-3-5-7-9-11-13-15-17-18-16-14-12-10-8-6-4-2/h13,15,17-18H,3-12,14,16H2,1-2H3/b15-13+,18-17-. The van der Waals surface area contributed by atoms with E-state index in [0.29, 0.717) is 0 Å². The SMILES string of the molecule is CCCCCC/C=C/C=C\CCCCCCCC. The highest BCUT2D eigenvalue weighted by Crippen LogP contribution is 2.07. The van der Waals surface area contributed by atoms with E-state index in [9.17, 15) is 0 Å². The summed E-state index contributed by atoms with van der Waals surface area (Å²) >= 11 is 0. The quantitative estimate of drug-likeness (QED) is 0.248. The second kappa shape index (κ2) is 16.5. The van der Waals surface area contributed by atoms with Crippen LogP contribution >= 0.6 is 0 Å². The fraction of sp³-hybridized carbons (Fsp3) is 0.778. The average molecular weight is 250 g/mol. The van der Waals surface area contributed by atoms with Gasteiger partial charge in [-0.3, -0.25) is 0 Å². The number of rotatable bonds is 13. The zero-order chi connectivity index (χ0) is 13.3. The van der Waals surface area contributed by atoms with Gasteiger partial charge in [0.05, 0.1) is 0 Å². The molecule has 0 N–H and O–H groups in total. The molecule has 0 aliphatic carbocycles. The summed E-state index contributed by atoms with van der Waals surface area (Å²) in [5, 5.41) is 0. The zero-order valence-corrected chi connectivity index (χ0v) is 12.8. The van der Waals surface area contributed by atoms with E-state index in [1.165, 1.54) is 77.0 Å². The normalized spacial score (nSPS) is 11.9. The van der Waals surface area contributed by atoms with Crippen molar-refractivity contribution in [1.29, 1.82) is 0 Å². The lowest BCUT2D eigenvalue weighted by molar-refractivity contribution is 0.611. The average Bonchev–Trinajstić information content (AvgIpc) is 2.39. The molecular weight excluding hydrogens is 216 g/mol. The van der Waals surface area contributed by atoms with Gasteiger partial charge in [0.2, 0.25) is 0 Å². The third-order valence-electron chi connectivity index (χ3n) is 3.33. The van der Waals surface area contributed by atoms with Crippen LogP contribution in [0.2, 0.25) is 0 Å². The molecule has 0 saturated heterocycles. The number of allylic oxidation sites excluding steroid dienone is 4. The fourth-order valence-corrected chi connectivity index (χ4v) is 2.08. The lowest BCUT2D eigenvalue weighted by Crippen LogP contribution is -1.77. The molecule has 0 atom stereocenters. The molecule has 0 saturated carbocycles.